The summed E-state index contributed by atoms with van der Waals surface area (Å²) in [6.07, 6.45) is 1.62. The van der Waals surface area contributed by atoms with Crippen LogP contribution in [0.3, 0.4) is 0 Å². The Morgan fingerprint density at radius 2 is 2.00 bits per heavy atom. The van der Waals surface area contributed by atoms with Crippen LogP contribution in [0.2, 0.25) is 5.02 Å². The van der Waals surface area contributed by atoms with Gasteiger partial charge in [0.2, 0.25) is 5.91 Å². The molecule has 0 radical (unpaired) electrons. The number of H-pyrrole nitrogens is 1. The van der Waals surface area contributed by atoms with Gasteiger partial charge < -0.3 is 10.3 Å². The highest BCUT2D eigenvalue weighted by atomic mass is 35.5. The van der Waals surface area contributed by atoms with Crippen molar-refractivity contribution in [2.45, 2.75) is 5.16 Å². The summed E-state index contributed by atoms with van der Waals surface area (Å²) in [6.45, 7) is 0. The van der Waals surface area contributed by atoms with E-state index in [2.05, 4.69) is 15.3 Å². The SMILES string of the molecule is O=C(CSc1nc2c([nH]c3ccccc32)c(=O)n1-c1ccc(Cl)cc1)Nc1nccs1. The summed E-state index contributed by atoms with van der Waals surface area (Å²) in [6, 6.07) is 14.5. The van der Waals surface area contributed by atoms with Crippen LogP contribution in [0.5, 0.6) is 0 Å². The molecule has 3 aromatic heterocycles. The van der Waals surface area contributed by atoms with Gasteiger partial charge in [-0.2, -0.15) is 0 Å². The first kappa shape index (κ1) is 19.8. The predicted octanol–water partition coefficient (Wildman–Crippen LogP) is 4.71. The Morgan fingerprint density at radius 1 is 1.19 bits per heavy atom. The first-order valence-electron chi connectivity index (χ1n) is 9.22. The van der Waals surface area contributed by atoms with E-state index in [0.717, 1.165) is 10.9 Å². The summed E-state index contributed by atoms with van der Waals surface area (Å²) in [7, 11) is 0. The van der Waals surface area contributed by atoms with Crippen molar-refractivity contribution in [3.8, 4) is 5.69 Å². The van der Waals surface area contributed by atoms with Gasteiger partial charge in [0.25, 0.3) is 5.56 Å². The molecule has 5 rings (SSSR count). The number of anilines is 1. The minimum atomic E-state index is -0.244. The van der Waals surface area contributed by atoms with Gasteiger partial charge in [0.1, 0.15) is 11.0 Å². The zero-order valence-corrected chi connectivity index (χ0v) is 18.2. The third-order valence-corrected chi connectivity index (χ3v) is 6.47. The number of carbonyl (C=O) groups excluding carboxylic acids is 1. The van der Waals surface area contributed by atoms with Gasteiger partial charge in [0.05, 0.1) is 11.4 Å². The molecule has 0 fully saturated rings. The maximum Gasteiger partial charge on any atom is 0.283 e. The quantitative estimate of drug-likeness (QED) is 0.288. The lowest BCUT2D eigenvalue weighted by molar-refractivity contribution is -0.113. The number of nitrogens with zero attached hydrogens (tertiary/aromatic N) is 3. The molecular weight excluding hydrogens is 454 g/mol. The number of hydrogen-bond acceptors (Lipinski definition) is 6. The second-order valence-electron chi connectivity index (χ2n) is 6.58. The standard InChI is InChI=1S/C21H14ClN5O2S2/c22-12-5-7-13(8-6-12)27-19(29)18-17(14-3-1-2-4-15(14)24-18)26-21(27)31-11-16(28)25-20-23-9-10-30-20/h1-10,24H,11H2,(H,23,25,28). The minimum Gasteiger partial charge on any atom is -0.349 e. The van der Waals surface area contributed by atoms with E-state index in [-0.39, 0.29) is 17.2 Å². The van der Waals surface area contributed by atoms with E-state index in [9.17, 15) is 9.59 Å². The van der Waals surface area contributed by atoms with E-state index in [1.807, 2.05) is 24.3 Å². The molecule has 1 amide bonds. The van der Waals surface area contributed by atoms with Crippen molar-refractivity contribution >= 4 is 67.7 Å². The second-order valence-corrected chi connectivity index (χ2v) is 8.85. The maximum absolute atomic E-state index is 13.4. The topological polar surface area (TPSA) is 92.7 Å². The van der Waals surface area contributed by atoms with Gasteiger partial charge in [-0.05, 0) is 30.3 Å². The van der Waals surface area contributed by atoms with Crippen LogP contribution in [0.1, 0.15) is 0 Å². The zero-order valence-electron chi connectivity index (χ0n) is 15.8. The summed E-state index contributed by atoms with van der Waals surface area (Å²) in [5, 5.41) is 6.89. The lowest BCUT2D eigenvalue weighted by atomic mass is 10.2. The van der Waals surface area contributed by atoms with Crippen LogP contribution in [0.15, 0.2) is 70.1 Å². The number of nitrogens with one attached hydrogen (secondary N) is 2. The lowest BCUT2D eigenvalue weighted by Gasteiger charge is -2.12. The monoisotopic (exact) mass is 467 g/mol. The number of halogens is 1. The van der Waals surface area contributed by atoms with Gasteiger partial charge in [0, 0.05) is 27.5 Å². The van der Waals surface area contributed by atoms with Gasteiger partial charge in [-0.15, -0.1) is 11.3 Å². The Hall–Kier alpha value is -3.14. The Labute approximate surface area is 189 Å². The molecule has 154 valence electrons. The average Bonchev–Trinajstić information content (AvgIpc) is 3.41. The molecule has 2 aromatic carbocycles. The van der Waals surface area contributed by atoms with E-state index in [0.29, 0.717) is 32.0 Å². The molecule has 0 atom stereocenters. The first-order valence-corrected chi connectivity index (χ1v) is 11.5. The number of para-hydroxylation sites is 1. The molecule has 0 aliphatic carbocycles. The van der Waals surface area contributed by atoms with Crippen molar-refractivity contribution in [3.63, 3.8) is 0 Å². The third kappa shape index (κ3) is 3.83. The van der Waals surface area contributed by atoms with Crippen molar-refractivity contribution < 1.29 is 4.79 Å². The third-order valence-electron chi connectivity index (χ3n) is 4.59. The van der Waals surface area contributed by atoms with Crippen LogP contribution in [0, 0.1) is 0 Å². The van der Waals surface area contributed by atoms with Gasteiger partial charge in [0.15, 0.2) is 10.3 Å². The highest BCUT2D eigenvalue weighted by Crippen LogP contribution is 2.27. The summed E-state index contributed by atoms with van der Waals surface area (Å²) >= 11 is 8.55. The Kier molecular flexibility index (Phi) is 5.23. The van der Waals surface area contributed by atoms with E-state index in [1.165, 1.54) is 27.7 Å². The molecule has 0 saturated carbocycles. The lowest BCUT2D eigenvalue weighted by Crippen LogP contribution is -2.23. The molecule has 5 aromatic rings. The smallest absolute Gasteiger partial charge is 0.283 e. The van der Waals surface area contributed by atoms with Crippen molar-refractivity contribution in [1.82, 2.24) is 19.5 Å². The van der Waals surface area contributed by atoms with Crippen LogP contribution in [0.25, 0.3) is 27.6 Å². The molecule has 31 heavy (non-hydrogen) atoms. The largest absolute Gasteiger partial charge is 0.349 e. The maximum atomic E-state index is 13.4. The number of thiazole rings is 1. The summed E-state index contributed by atoms with van der Waals surface area (Å²) in [4.78, 5) is 37.8. The number of carbonyl (C=O) groups is 1. The van der Waals surface area contributed by atoms with Crippen LogP contribution in [-0.2, 0) is 4.79 Å². The van der Waals surface area contributed by atoms with E-state index in [1.54, 1.807) is 35.8 Å². The Balaban J connectivity index is 1.60. The molecule has 2 N–H and O–H groups in total. The number of amides is 1. The zero-order chi connectivity index (χ0) is 21.4. The summed E-state index contributed by atoms with van der Waals surface area (Å²) in [5.41, 5.74) is 2.19. The molecule has 0 saturated heterocycles. The van der Waals surface area contributed by atoms with Gasteiger partial charge in [-0.25, -0.2) is 9.97 Å². The predicted molar refractivity (Wildman–Crippen MR) is 126 cm³/mol. The number of thioether (sulfide) groups is 1. The number of aromatic amines is 1. The van der Waals surface area contributed by atoms with Crippen molar-refractivity contribution in [2.24, 2.45) is 0 Å². The highest BCUT2D eigenvalue weighted by molar-refractivity contribution is 7.99. The fourth-order valence-electron chi connectivity index (χ4n) is 3.23. The van der Waals surface area contributed by atoms with E-state index >= 15 is 0 Å². The fraction of sp³-hybridized carbons (Fsp3) is 0.0476. The Bertz CT molecular complexity index is 1460. The molecule has 3 heterocycles. The Morgan fingerprint density at radius 3 is 2.77 bits per heavy atom. The van der Waals surface area contributed by atoms with Crippen LogP contribution in [0.4, 0.5) is 5.13 Å². The summed E-state index contributed by atoms with van der Waals surface area (Å²) in [5.74, 6) is -0.149. The fourth-order valence-corrected chi connectivity index (χ4v) is 4.70. The minimum absolute atomic E-state index is 0.0769. The normalized spacial score (nSPS) is 11.3. The van der Waals surface area contributed by atoms with Crippen molar-refractivity contribution in [1.29, 1.82) is 0 Å². The van der Waals surface area contributed by atoms with E-state index < -0.39 is 0 Å². The van der Waals surface area contributed by atoms with Crippen LogP contribution < -0.4 is 10.9 Å². The van der Waals surface area contributed by atoms with Crippen LogP contribution >= 0.6 is 34.7 Å². The summed E-state index contributed by atoms with van der Waals surface area (Å²) < 4.78 is 1.50. The number of hydrogen-bond donors (Lipinski definition) is 2. The van der Waals surface area contributed by atoms with Crippen LogP contribution in [-0.4, -0.2) is 31.2 Å². The highest BCUT2D eigenvalue weighted by Gasteiger charge is 2.18. The van der Waals surface area contributed by atoms with Crippen molar-refractivity contribution in [2.75, 3.05) is 11.1 Å². The number of aromatic nitrogens is 4. The van der Waals surface area contributed by atoms with Gasteiger partial charge in [-0.3, -0.25) is 14.2 Å². The molecule has 10 heteroatoms. The van der Waals surface area contributed by atoms with Gasteiger partial charge in [-0.1, -0.05) is 41.6 Å². The second kappa shape index (κ2) is 8.18. The van der Waals surface area contributed by atoms with E-state index in [4.69, 9.17) is 16.6 Å². The molecule has 0 aliphatic heterocycles. The molecule has 0 aliphatic rings. The molecule has 0 bridgehead atoms. The number of benzene rings is 2. The molecular formula is C21H14ClN5O2S2. The molecule has 7 nitrogen and oxygen atoms in total. The number of fused-ring (bicyclic) bond motifs is 3. The number of rotatable bonds is 5. The first-order chi connectivity index (χ1) is 15.1. The van der Waals surface area contributed by atoms with Crippen molar-refractivity contribution in [3.05, 3.63) is 75.5 Å². The average molecular weight is 468 g/mol. The molecule has 0 unspecified atom stereocenters. The molecule has 0 spiro atoms. The van der Waals surface area contributed by atoms with Gasteiger partial charge >= 0.3 is 0 Å².